The molecule has 0 spiro atoms. The number of aromatic nitrogens is 5. The summed E-state index contributed by atoms with van der Waals surface area (Å²) in [5.74, 6) is 0.304. The van der Waals surface area contributed by atoms with Gasteiger partial charge in [-0.25, -0.2) is 24.0 Å². The van der Waals surface area contributed by atoms with Crippen LogP contribution in [-0.2, 0) is 13.0 Å². The Kier molecular flexibility index (Phi) is 2.91. The molecular formula is C13H12FN5. The number of rotatable bonds is 3. The standard InChI is InChI=1S/C13H12FN5/c1-2-11-10-6-9(14)7-17-13(10)19(18-11)8-12-15-4-3-5-16-12/h3-7H,2,8H2,1H3. The number of halogens is 1. The van der Waals surface area contributed by atoms with Crippen molar-refractivity contribution in [3.8, 4) is 0 Å². The Bertz CT molecular complexity index is 708. The van der Waals surface area contributed by atoms with Crippen molar-refractivity contribution in [3.05, 3.63) is 48.1 Å². The van der Waals surface area contributed by atoms with Crippen LogP contribution in [0, 0.1) is 5.82 Å². The fourth-order valence-corrected chi connectivity index (χ4v) is 2.01. The molecule has 0 amide bonds. The van der Waals surface area contributed by atoms with E-state index in [4.69, 9.17) is 0 Å². The van der Waals surface area contributed by atoms with Gasteiger partial charge in [-0.05, 0) is 18.6 Å². The van der Waals surface area contributed by atoms with Crippen LogP contribution in [0.25, 0.3) is 11.0 Å². The second-order valence-corrected chi connectivity index (χ2v) is 4.15. The Labute approximate surface area is 109 Å². The molecule has 0 saturated heterocycles. The van der Waals surface area contributed by atoms with Gasteiger partial charge in [-0.3, -0.25) is 0 Å². The first kappa shape index (κ1) is 11.7. The molecule has 0 fully saturated rings. The Morgan fingerprint density at radius 2 is 2.00 bits per heavy atom. The maximum atomic E-state index is 13.3. The Morgan fingerprint density at radius 3 is 2.74 bits per heavy atom. The third-order valence-corrected chi connectivity index (χ3v) is 2.88. The molecule has 5 nitrogen and oxygen atoms in total. The van der Waals surface area contributed by atoms with Gasteiger partial charge in [0.15, 0.2) is 5.65 Å². The van der Waals surface area contributed by atoms with Crippen LogP contribution in [0.2, 0.25) is 0 Å². The molecule has 0 aliphatic rings. The van der Waals surface area contributed by atoms with Gasteiger partial charge in [-0.15, -0.1) is 0 Å². The van der Waals surface area contributed by atoms with Gasteiger partial charge < -0.3 is 0 Å². The van der Waals surface area contributed by atoms with Crippen LogP contribution >= 0.6 is 0 Å². The summed E-state index contributed by atoms with van der Waals surface area (Å²) in [5, 5.41) is 5.20. The summed E-state index contributed by atoms with van der Waals surface area (Å²) >= 11 is 0. The first-order valence-corrected chi connectivity index (χ1v) is 6.04. The number of hydrogen-bond donors (Lipinski definition) is 0. The zero-order valence-electron chi connectivity index (χ0n) is 10.4. The number of hydrogen-bond acceptors (Lipinski definition) is 4. The number of aryl methyl sites for hydroxylation is 1. The molecule has 0 atom stereocenters. The normalized spacial score (nSPS) is 11.1. The lowest BCUT2D eigenvalue weighted by atomic mass is 10.2. The fourth-order valence-electron chi connectivity index (χ4n) is 2.01. The van der Waals surface area contributed by atoms with Crippen LogP contribution in [0.3, 0.4) is 0 Å². The molecule has 0 radical (unpaired) electrons. The zero-order chi connectivity index (χ0) is 13.2. The van der Waals surface area contributed by atoms with E-state index in [0.717, 1.165) is 17.5 Å². The predicted octanol–water partition coefficient (Wildman–Crippen LogP) is 1.97. The molecule has 3 rings (SSSR count). The van der Waals surface area contributed by atoms with E-state index in [9.17, 15) is 4.39 Å². The topological polar surface area (TPSA) is 56.5 Å². The van der Waals surface area contributed by atoms with E-state index in [2.05, 4.69) is 20.1 Å². The van der Waals surface area contributed by atoms with Crippen LogP contribution in [0.15, 0.2) is 30.7 Å². The average molecular weight is 257 g/mol. The molecule has 3 aromatic heterocycles. The summed E-state index contributed by atoms with van der Waals surface area (Å²) in [6, 6.07) is 3.23. The van der Waals surface area contributed by atoms with Crippen molar-refractivity contribution < 1.29 is 4.39 Å². The molecule has 0 bridgehead atoms. The van der Waals surface area contributed by atoms with E-state index in [1.54, 1.807) is 23.1 Å². The quantitative estimate of drug-likeness (QED) is 0.719. The number of pyridine rings is 1. The molecule has 0 aliphatic carbocycles. The number of fused-ring (bicyclic) bond motifs is 1. The molecule has 3 aromatic rings. The fraction of sp³-hybridized carbons (Fsp3) is 0.231. The molecule has 0 saturated carbocycles. The van der Waals surface area contributed by atoms with Gasteiger partial charge in [0.05, 0.1) is 11.9 Å². The molecule has 6 heteroatoms. The van der Waals surface area contributed by atoms with E-state index in [1.165, 1.54) is 12.3 Å². The van der Waals surface area contributed by atoms with E-state index in [-0.39, 0.29) is 5.82 Å². The third-order valence-electron chi connectivity index (χ3n) is 2.88. The van der Waals surface area contributed by atoms with Crippen molar-refractivity contribution in [2.24, 2.45) is 0 Å². The van der Waals surface area contributed by atoms with Crippen LogP contribution in [0.4, 0.5) is 4.39 Å². The monoisotopic (exact) mass is 257 g/mol. The number of nitrogens with zero attached hydrogens (tertiary/aromatic N) is 5. The summed E-state index contributed by atoms with van der Waals surface area (Å²) in [4.78, 5) is 12.4. The first-order chi connectivity index (χ1) is 9.28. The minimum Gasteiger partial charge on any atom is -0.239 e. The lowest BCUT2D eigenvalue weighted by Crippen LogP contribution is -2.06. The highest BCUT2D eigenvalue weighted by Crippen LogP contribution is 2.18. The minimum atomic E-state index is -0.349. The van der Waals surface area contributed by atoms with Crippen LogP contribution in [0.1, 0.15) is 18.4 Å². The molecule has 19 heavy (non-hydrogen) atoms. The first-order valence-electron chi connectivity index (χ1n) is 6.04. The molecule has 0 unspecified atom stereocenters. The molecular weight excluding hydrogens is 245 g/mol. The molecule has 96 valence electrons. The summed E-state index contributed by atoms with van der Waals surface area (Å²) in [7, 11) is 0. The van der Waals surface area contributed by atoms with Crippen LogP contribution in [-0.4, -0.2) is 24.7 Å². The Hall–Kier alpha value is -2.37. The van der Waals surface area contributed by atoms with E-state index < -0.39 is 0 Å². The van der Waals surface area contributed by atoms with Crippen molar-refractivity contribution in [2.45, 2.75) is 19.9 Å². The third kappa shape index (κ3) is 2.16. The maximum Gasteiger partial charge on any atom is 0.158 e. The van der Waals surface area contributed by atoms with E-state index in [1.807, 2.05) is 6.92 Å². The van der Waals surface area contributed by atoms with Crippen molar-refractivity contribution in [3.63, 3.8) is 0 Å². The summed E-state index contributed by atoms with van der Waals surface area (Å²) in [6.45, 7) is 2.41. The van der Waals surface area contributed by atoms with Gasteiger partial charge in [0.1, 0.15) is 18.2 Å². The Morgan fingerprint density at radius 1 is 1.21 bits per heavy atom. The second kappa shape index (κ2) is 4.72. The second-order valence-electron chi connectivity index (χ2n) is 4.15. The Balaban J connectivity index is 2.09. The summed E-state index contributed by atoms with van der Waals surface area (Å²) < 4.78 is 15.0. The summed E-state index contributed by atoms with van der Waals surface area (Å²) in [6.07, 6.45) is 5.29. The van der Waals surface area contributed by atoms with Gasteiger partial charge in [0, 0.05) is 17.8 Å². The SMILES string of the molecule is CCc1nn(Cc2ncccn2)c2ncc(F)cc12. The van der Waals surface area contributed by atoms with Crippen molar-refractivity contribution >= 4 is 11.0 Å². The van der Waals surface area contributed by atoms with Gasteiger partial charge in [-0.1, -0.05) is 6.92 Å². The zero-order valence-corrected chi connectivity index (χ0v) is 10.4. The van der Waals surface area contributed by atoms with Gasteiger partial charge >= 0.3 is 0 Å². The summed E-state index contributed by atoms with van der Waals surface area (Å²) in [5.41, 5.74) is 1.49. The molecule has 3 heterocycles. The van der Waals surface area contributed by atoms with Gasteiger partial charge in [0.25, 0.3) is 0 Å². The average Bonchev–Trinajstić information content (AvgIpc) is 2.77. The molecule has 0 aromatic carbocycles. The highest BCUT2D eigenvalue weighted by molar-refractivity contribution is 5.78. The van der Waals surface area contributed by atoms with E-state index in [0.29, 0.717) is 18.0 Å². The predicted molar refractivity (Wildman–Crippen MR) is 68.0 cm³/mol. The van der Waals surface area contributed by atoms with Crippen molar-refractivity contribution in [2.75, 3.05) is 0 Å². The largest absolute Gasteiger partial charge is 0.239 e. The van der Waals surface area contributed by atoms with Crippen molar-refractivity contribution in [1.82, 2.24) is 24.7 Å². The lowest BCUT2D eigenvalue weighted by Gasteiger charge is -2.00. The molecule has 0 N–H and O–H groups in total. The van der Waals surface area contributed by atoms with Crippen LogP contribution in [0.5, 0.6) is 0 Å². The van der Waals surface area contributed by atoms with Gasteiger partial charge in [-0.2, -0.15) is 5.10 Å². The van der Waals surface area contributed by atoms with Crippen molar-refractivity contribution in [1.29, 1.82) is 0 Å². The van der Waals surface area contributed by atoms with Gasteiger partial charge in [0.2, 0.25) is 0 Å². The molecule has 0 aliphatic heterocycles. The minimum absolute atomic E-state index is 0.349. The van der Waals surface area contributed by atoms with E-state index >= 15 is 0 Å². The van der Waals surface area contributed by atoms with Crippen LogP contribution < -0.4 is 0 Å². The lowest BCUT2D eigenvalue weighted by molar-refractivity contribution is 0.621. The highest BCUT2D eigenvalue weighted by Gasteiger charge is 2.12. The smallest absolute Gasteiger partial charge is 0.158 e. The maximum absolute atomic E-state index is 13.3. The highest BCUT2D eigenvalue weighted by atomic mass is 19.1.